The smallest absolute Gasteiger partial charge is 0.324 e. The quantitative estimate of drug-likeness (QED) is 0.551. The molecule has 0 aromatic rings. The van der Waals surface area contributed by atoms with Crippen molar-refractivity contribution in [2.24, 2.45) is 0 Å². The lowest BCUT2D eigenvalue weighted by Crippen LogP contribution is -2.43. The molecule has 70 valence electrons. The Morgan fingerprint density at radius 1 is 1.58 bits per heavy atom. The van der Waals surface area contributed by atoms with Crippen LogP contribution < -0.4 is 10.6 Å². The summed E-state index contributed by atoms with van der Waals surface area (Å²) in [7, 11) is 0. The first-order valence-electron chi connectivity index (χ1n) is 4.45. The fourth-order valence-corrected chi connectivity index (χ4v) is 1.22. The molecule has 4 nitrogen and oxygen atoms in total. The summed E-state index contributed by atoms with van der Waals surface area (Å²) in [6.07, 6.45) is 1.07. The molecule has 0 radical (unpaired) electrons. The Labute approximate surface area is 72.7 Å². The number of rotatable bonds is 2. The molecular weight excluding hydrogens is 156 g/mol. The summed E-state index contributed by atoms with van der Waals surface area (Å²) >= 11 is 0. The summed E-state index contributed by atoms with van der Waals surface area (Å²) in [4.78, 5) is 11.2. The highest BCUT2D eigenvalue weighted by Gasteiger charge is 2.19. The van der Waals surface area contributed by atoms with E-state index in [1.54, 1.807) is 0 Å². The van der Waals surface area contributed by atoms with Crippen LogP contribution in [-0.4, -0.2) is 38.3 Å². The maximum absolute atomic E-state index is 11.2. The van der Waals surface area contributed by atoms with Crippen molar-refractivity contribution in [1.82, 2.24) is 10.6 Å². The van der Waals surface area contributed by atoms with Crippen LogP contribution in [0.3, 0.4) is 0 Å². The normalized spacial score (nSPS) is 24.6. The van der Waals surface area contributed by atoms with E-state index in [1.165, 1.54) is 0 Å². The summed E-state index contributed by atoms with van der Waals surface area (Å²) in [5, 5.41) is 6.30. The zero-order valence-corrected chi connectivity index (χ0v) is 7.43. The Morgan fingerprint density at radius 2 is 2.42 bits per heavy atom. The van der Waals surface area contributed by atoms with Crippen molar-refractivity contribution >= 4 is 5.97 Å². The zero-order valence-electron chi connectivity index (χ0n) is 7.43. The number of carbonyl (C=O) groups is 1. The molecule has 1 aliphatic rings. The molecule has 0 saturated carbocycles. The van der Waals surface area contributed by atoms with Crippen molar-refractivity contribution in [3.05, 3.63) is 0 Å². The summed E-state index contributed by atoms with van der Waals surface area (Å²) in [5.41, 5.74) is 0. The van der Waals surface area contributed by atoms with E-state index in [0.29, 0.717) is 13.2 Å². The van der Waals surface area contributed by atoms with E-state index in [4.69, 9.17) is 4.74 Å². The van der Waals surface area contributed by atoms with E-state index in [1.807, 2.05) is 6.92 Å². The molecule has 0 aromatic carbocycles. The van der Waals surface area contributed by atoms with Crippen LogP contribution in [0.15, 0.2) is 0 Å². The molecule has 0 unspecified atom stereocenters. The van der Waals surface area contributed by atoms with Crippen molar-refractivity contribution in [3.63, 3.8) is 0 Å². The van der Waals surface area contributed by atoms with E-state index in [-0.39, 0.29) is 12.0 Å². The molecule has 1 fully saturated rings. The Hall–Kier alpha value is -0.610. The average Bonchev–Trinajstić information content (AvgIpc) is 2.32. The zero-order chi connectivity index (χ0) is 8.81. The van der Waals surface area contributed by atoms with Gasteiger partial charge in [0, 0.05) is 6.54 Å². The predicted molar refractivity (Wildman–Crippen MR) is 45.9 cm³/mol. The first-order chi connectivity index (χ1) is 5.84. The molecule has 1 atom stereocenters. The third-order valence-electron chi connectivity index (χ3n) is 1.84. The molecule has 12 heavy (non-hydrogen) atoms. The van der Waals surface area contributed by atoms with Crippen LogP contribution in [0.1, 0.15) is 13.3 Å². The van der Waals surface area contributed by atoms with Gasteiger partial charge >= 0.3 is 5.97 Å². The van der Waals surface area contributed by atoms with Gasteiger partial charge in [-0.05, 0) is 26.4 Å². The summed E-state index contributed by atoms with van der Waals surface area (Å²) in [6, 6.07) is -0.160. The highest BCUT2D eigenvalue weighted by molar-refractivity contribution is 5.76. The molecule has 0 spiro atoms. The third-order valence-corrected chi connectivity index (χ3v) is 1.84. The van der Waals surface area contributed by atoms with Gasteiger partial charge in [-0.3, -0.25) is 4.79 Å². The number of hydrogen-bond donors (Lipinski definition) is 2. The molecule has 4 heteroatoms. The first-order valence-corrected chi connectivity index (χ1v) is 4.45. The maximum atomic E-state index is 11.2. The number of ether oxygens (including phenoxy) is 1. The van der Waals surface area contributed by atoms with Crippen molar-refractivity contribution in [2.75, 3.05) is 26.2 Å². The SMILES string of the molecule is CCOC(=O)[C@@H]1CNCCCN1. The Morgan fingerprint density at radius 3 is 3.17 bits per heavy atom. The standard InChI is InChI=1S/C8H16N2O2/c1-2-12-8(11)7-6-9-4-3-5-10-7/h7,9-10H,2-6H2,1H3/t7-/m0/s1. The fraction of sp³-hybridized carbons (Fsp3) is 0.875. The van der Waals surface area contributed by atoms with Crippen molar-refractivity contribution in [1.29, 1.82) is 0 Å². The monoisotopic (exact) mass is 172 g/mol. The van der Waals surface area contributed by atoms with E-state index in [2.05, 4.69) is 10.6 Å². The summed E-state index contributed by atoms with van der Waals surface area (Å²) in [5.74, 6) is -0.146. The minimum absolute atomic E-state index is 0.146. The van der Waals surface area contributed by atoms with Gasteiger partial charge in [-0.1, -0.05) is 0 Å². The number of carbonyl (C=O) groups excluding carboxylic acids is 1. The fourth-order valence-electron chi connectivity index (χ4n) is 1.22. The van der Waals surface area contributed by atoms with Gasteiger partial charge in [0.2, 0.25) is 0 Å². The lowest BCUT2D eigenvalue weighted by Gasteiger charge is -2.13. The predicted octanol–water partition coefficient (Wildman–Crippen LogP) is -0.499. The summed E-state index contributed by atoms with van der Waals surface area (Å²) in [6.45, 7) is 4.82. The molecule has 1 aliphatic heterocycles. The molecule has 1 saturated heterocycles. The molecule has 0 aliphatic carbocycles. The van der Waals surface area contributed by atoms with E-state index in [9.17, 15) is 4.79 Å². The van der Waals surface area contributed by atoms with Gasteiger partial charge in [0.15, 0.2) is 0 Å². The lowest BCUT2D eigenvalue weighted by atomic mass is 10.3. The molecule has 2 N–H and O–H groups in total. The van der Waals surface area contributed by atoms with Crippen molar-refractivity contribution in [3.8, 4) is 0 Å². The summed E-state index contributed by atoms with van der Waals surface area (Å²) < 4.78 is 4.90. The lowest BCUT2D eigenvalue weighted by molar-refractivity contribution is -0.145. The van der Waals surface area contributed by atoms with Crippen LogP contribution >= 0.6 is 0 Å². The van der Waals surface area contributed by atoms with E-state index in [0.717, 1.165) is 19.5 Å². The van der Waals surface area contributed by atoms with Crippen LogP contribution in [0.2, 0.25) is 0 Å². The Balaban J connectivity index is 2.32. The number of esters is 1. The van der Waals surface area contributed by atoms with Gasteiger partial charge in [0.1, 0.15) is 6.04 Å². The molecule has 1 heterocycles. The van der Waals surface area contributed by atoms with Gasteiger partial charge in [-0.15, -0.1) is 0 Å². The highest BCUT2D eigenvalue weighted by Crippen LogP contribution is 1.92. The van der Waals surface area contributed by atoms with Crippen LogP contribution in [-0.2, 0) is 9.53 Å². The minimum Gasteiger partial charge on any atom is -0.465 e. The van der Waals surface area contributed by atoms with Crippen LogP contribution in [0.25, 0.3) is 0 Å². The molecule has 0 aromatic heterocycles. The van der Waals surface area contributed by atoms with Gasteiger partial charge in [-0.25, -0.2) is 0 Å². The molecule has 1 rings (SSSR count). The number of nitrogens with one attached hydrogen (secondary N) is 2. The molecule has 0 amide bonds. The highest BCUT2D eigenvalue weighted by atomic mass is 16.5. The Bertz CT molecular complexity index is 142. The maximum Gasteiger partial charge on any atom is 0.324 e. The Kier molecular flexibility index (Phi) is 4.04. The van der Waals surface area contributed by atoms with E-state index >= 15 is 0 Å². The average molecular weight is 172 g/mol. The third kappa shape index (κ3) is 2.79. The van der Waals surface area contributed by atoms with Crippen LogP contribution in [0, 0.1) is 0 Å². The van der Waals surface area contributed by atoms with Crippen molar-refractivity contribution < 1.29 is 9.53 Å². The van der Waals surface area contributed by atoms with Gasteiger partial charge in [-0.2, -0.15) is 0 Å². The minimum atomic E-state index is -0.160. The number of hydrogen-bond acceptors (Lipinski definition) is 4. The molecular formula is C8H16N2O2. The van der Waals surface area contributed by atoms with E-state index < -0.39 is 0 Å². The second-order valence-corrected chi connectivity index (χ2v) is 2.82. The molecule has 0 bridgehead atoms. The first kappa shape index (κ1) is 9.48. The van der Waals surface area contributed by atoms with Gasteiger partial charge in [0.05, 0.1) is 6.61 Å². The van der Waals surface area contributed by atoms with Gasteiger partial charge in [0.25, 0.3) is 0 Å². The van der Waals surface area contributed by atoms with Crippen LogP contribution in [0.4, 0.5) is 0 Å². The topological polar surface area (TPSA) is 50.4 Å². The van der Waals surface area contributed by atoms with Crippen molar-refractivity contribution in [2.45, 2.75) is 19.4 Å². The second kappa shape index (κ2) is 5.11. The second-order valence-electron chi connectivity index (χ2n) is 2.82. The van der Waals surface area contributed by atoms with Crippen LogP contribution in [0.5, 0.6) is 0 Å². The van der Waals surface area contributed by atoms with Gasteiger partial charge < -0.3 is 15.4 Å². The largest absolute Gasteiger partial charge is 0.465 e.